The van der Waals surface area contributed by atoms with E-state index in [1.54, 1.807) is 35.2 Å². The third kappa shape index (κ3) is 5.23. The minimum Gasteiger partial charge on any atom is -0.352 e. The molecule has 2 amide bonds. The molecule has 2 aliphatic rings. The number of aryl methyl sites for hydroxylation is 1. The highest BCUT2D eigenvalue weighted by Crippen LogP contribution is 2.31. The average molecular weight is 490 g/mol. The molecule has 2 aromatic rings. The van der Waals surface area contributed by atoms with E-state index in [0.29, 0.717) is 37.5 Å². The topological polar surface area (TPSA) is 86.8 Å². The monoisotopic (exact) mass is 489 g/mol. The maximum atomic E-state index is 13.4. The van der Waals surface area contributed by atoms with Crippen LogP contribution in [0.5, 0.6) is 0 Å². The number of amides is 2. The molecule has 0 aliphatic carbocycles. The van der Waals surface area contributed by atoms with E-state index >= 15 is 0 Å². The van der Waals surface area contributed by atoms with Gasteiger partial charge in [-0.05, 0) is 67.1 Å². The van der Waals surface area contributed by atoms with E-state index in [4.69, 9.17) is 11.6 Å². The third-order valence-electron chi connectivity index (χ3n) is 6.32. The average Bonchev–Trinajstić information content (AvgIpc) is 2.82. The van der Waals surface area contributed by atoms with Crippen LogP contribution in [0.25, 0.3) is 0 Å². The Labute approximate surface area is 199 Å². The quantitative estimate of drug-likeness (QED) is 0.697. The Balaban J connectivity index is 1.45. The summed E-state index contributed by atoms with van der Waals surface area (Å²) in [7, 11) is -3.74. The molecule has 0 bridgehead atoms. The number of hydrogen-bond donors (Lipinski definition) is 1. The predicted octanol–water partition coefficient (Wildman–Crippen LogP) is 3.36. The fraction of sp³-hybridized carbons (Fsp3) is 0.417. The Hall–Kier alpha value is -2.42. The van der Waals surface area contributed by atoms with Crippen LogP contribution in [-0.2, 0) is 32.6 Å². The summed E-state index contributed by atoms with van der Waals surface area (Å²) in [5.41, 5.74) is 2.58. The van der Waals surface area contributed by atoms with Crippen LogP contribution in [-0.4, -0.2) is 44.2 Å². The van der Waals surface area contributed by atoms with Crippen molar-refractivity contribution in [1.29, 1.82) is 0 Å². The normalized spacial score (nSPS) is 19.1. The number of nitrogens with zero attached hydrogens (tertiary/aromatic N) is 2. The molecule has 1 N–H and O–H groups in total. The zero-order chi connectivity index (χ0) is 23.6. The van der Waals surface area contributed by atoms with E-state index in [9.17, 15) is 18.0 Å². The van der Waals surface area contributed by atoms with E-state index in [1.807, 2.05) is 12.1 Å². The van der Waals surface area contributed by atoms with Crippen LogP contribution in [0.2, 0.25) is 5.02 Å². The fourth-order valence-corrected chi connectivity index (χ4v) is 6.22. The molecule has 1 fully saturated rings. The maximum Gasteiger partial charge on any atom is 0.243 e. The molecule has 2 heterocycles. The molecular formula is C24H28ClN3O4S. The summed E-state index contributed by atoms with van der Waals surface area (Å²) in [5, 5.41) is 3.55. The van der Waals surface area contributed by atoms with Gasteiger partial charge >= 0.3 is 0 Å². The Morgan fingerprint density at radius 1 is 1.09 bits per heavy atom. The van der Waals surface area contributed by atoms with Crippen LogP contribution in [0, 0.1) is 5.92 Å². The largest absolute Gasteiger partial charge is 0.352 e. The summed E-state index contributed by atoms with van der Waals surface area (Å²) in [6.07, 6.45) is 2.81. The first-order chi connectivity index (χ1) is 15.8. The lowest BCUT2D eigenvalue weighted by Gasteiger charge is -2.32. The molecule has 1 saturated heterocycles. The van der Waals surface area contributed by atoms with Crippen molar-refractivity contribution < 1.29 is 18.0 Å². The van der Waals surface area contributed by atoms with Gasteiger partial charge in [-0.1, -0.05) is 23.7 Å². The Morgan fingerprint density at radius 2 is 1.85 bits per heavy atom. The summed E-state index contributed by atoms with van der Waals surface area (Å²) < 4.78 is 28.2. The van der Waals surface area contributed by atoms with Gasteiger partial charge in [0, 0.05) is 43.8 Å². The molecule has 1 atom stereocenters. The number of rotatable bonds is 5. The van der Waals surface area contributed by atoms with Crippen LogP contribution in [0.3, 0.4) is 0 Å². The number of hydrogen-bond acceptors (Lipinski definition) is 4. The molecular weight excluding hydrogens is 462 g/mol. The van der Waals surface area contributed by atoms with E-state index in [-0.39, 0.29) is 23.3 Å². The third-order valence-corrected chi connectivity index (χ3v) is 8.44. The highest BCUT2D eigenvalue weighted by Gasteiger charge is 2.34. The number of benzene rings is 2. The summed E-state index contributed by atoms with van der Waals surface area (Å²) >= 11 is 5.90. The van der Waals surface area contributed by atoms with Crippen molar-refractivity contribution in [1.82, 2.24) is 9.62 Å². The Morgan fingerprint density at radius 3 is 2.58 bits per heavy atom. The smallest absolute Gasteiger partial charge is 0.243 e. The van der Waals surface area contributed by atoms with Crippen molar-refractivity contribution in [2.24, 2.45) is 5.92 Å². The van der Waals surface area contributed by atoms with E-state index in [1.165, 1.54) is 11.2 Å². The summed E-state index contributed by atoms with van der Waals surface area (Å²) in [6, 6.07) is 12.2. The van der Waals surface area contributed by atoms with Crippen molar-refractivity contribution in [2.75, 3.05) is 24.5 Å². The first kappa shape index (κ1) is 23.7. The standard InChI is InChI=1S/C24H28ClN3O4S/c1-17(29)28-13-3-4-19-14-22(10-11-23(19)28)33(31,32)27-12-2-5-20(16-27)24(30)26-15-18-6-8-21(25)9-7-18/h6-11,14,20H,2-5,12-13,15-16H2,1H3,(H,26,30)/t20-/m0/s1. The second-order valence-corrected chi connectivity index (χ2v) is 11.0. The Kier molecular flexibility index (Phi) is 7.07. The van der Waals surface area contributed by atoms with Crippen LogP contribution >= 0.6 is 11.6 Å². The zero-order valence-electron chi connectivity index (χ0n) is 18.6. The van der Waals surface area contributed by atoms with Gasteiger partial charge in [0.15, 0.2) is 0 Å². The highest BCUT2D eigenvalue weighted by molar-refractivity contribution is 7.89. The van der Waals surface area contributed by atoms with Gasteiger partial charge in [0.25, 0.3) is 0 Å². The van der Waals surface area contributed by atoms with Gasteiger partial charge < -0.3 is 10.2 Å². The first-order valence-corrected chi connectivity index (χ1v) is 13.0. The zero-order valence-corrected chi connectivity index (χ0v) is 20.2. The summed E-state index contributed by atoms with van der Waals surface area (Å²) in [6.45, 7) is 3.08. The lowest BCUT2D eigenvalue weighted by Crippen LogP contribution is -2.45. The number of sulfonamides is 1. The second-order valence-electron chi connectivity index (χ2n) is 8.61. The lowest BCUT2D eigenvalue weighted by atomic mass is 9.99. The molecule has 9 heteroatoms. The molecule has 4 rings (SSSR count). The first-order valence-electron chi connectivity index (χ1n) is 11.2. The van der Waals surface area contributed by atoms with Gasteiger partial charge in [-0.2, -0.15) is 4.31 Å². The fourth-order valence-electron chi connectivity index (χ4n) is 4.52. The van der Waals surface area contributed by atoms with Crippen molar-refractivity contribution in [3.63, 3.8) is 0 Å². The second kappa shape index (κ2) is 9.83. The number of piperidine rings is 1. The van der Waals surface area contributed by atoms with Crippen molar-refractivity contribution in [3.05, 3.63) is 58.6 Å². The molecule has 0 unspecified atom stereocenters. The lowest BCUT2D eigenvalue weighted by molar-refractivity contribution is -0.126. The minimum atomic E-state index is -3.74. The van der Waals surface area contributed by atoms with Gasteiger partial charge in [0.1, 0.15) is 0 Å². The van der Waals surface area contributed by atoms with Crippen LogP contribution < -0.4 is 10.2 Å². The van der Waals surface area contributed by atoms with Crippen LogP contribution in [0.1, 0.15) is 37.3 Å². The van der Waals surface area contributed by atoms with Crippen molar-refractivity contribution in [2.45, 2.75) is 44.0 Å². The van der Waals surface area contributed by atoms with E-state index < -0.39 is 15.9 Å². The van der Waals surface area contributed by atoms with Crippen LogP contribution in [0.4, 0.5) is 5.69 Å². The number of carbonyl (C=O) groups is 2. The molecule has 176 valence electrons. The minimum absolute atomic E-state index is 0.0463. The maximum absolute atomic E-state index is 13.4. The van der Waals surface area contributed by atoms with Gasteiger partial charge in [0.05, 0.1) is 10.8 Å². The molecule has 2 aliphatic heterocycles. The van der Waals surface area contributed by atoms with Gasteiger partial charge in [-0.3, -0.25) is 9.59 Å². The Bertz CT molecular complexity index is 1150. The predicted molar refractivity (Wildman–Crippen MR) is 128 cm³/mol. The number of nitrogens with one attached hydrogen (secondary N) is 1. The van der Waals surface area contributed by atoms with Gasteiger partial charge in [-0.15, -0.1) is 0 Å². The van der Waals surface area contributed by atoms with Crippen LogP contribution in [0.15, 0.2) is 47.4 Å². The van der Waals surface area contributed by atoms with E-state index in [0.717, 1.165) is 29.7 Å². The molecule has 33 heavy (non-hydrogen) atoms. The molecule has 0 spiro atoms. The van der Waals surface area contributed by atoms with Crippen molar-refractivity contribution >= 4 is 39.1 Å². The molecule has 0 saturated carbocycles. The highest BCUT2D eigenvalue weighted by atomic mass is 35.5. The summed E-state index contributed by atoms with van der Waals surface area (Å²) in [5.74, 6) is -0.589. The number of halogens is 1. The number of fused-ring (bicyclic) bond motifs is 1. The molecule has 2 aromatic carbocycles. The molecule has 7 nitrogen and oxygen atoms in total. The molecule has 0 aromatic heterocycles. The summed E-state index contributed by atoms with van der Waals surface area (Å²) in [4.78, 5) is 26.6. The number of anilines is 1. The number of carbonyl (C=O) groups excluding carboxylic acids is 2. The van der Waals surface area contributed by atoms with Gasteiger partial charge in [-0.25, -0.2) is 8.42 Å². The van der Waals surface area contributed by atoms with Gasteiger partial charge in [0.2, 0.25) is 21.8 Å². The van der Waals surface area contributed by atoms with Crippen molar-refractivity contribution in [3.8, 4) is 0 Å². The molecule has 0 radical (unpaired) electrons. The van der Waals surface area contributed by atoms with E-state index in [2.05, 4.69) is 5.32 Å². The SMILES string of the molecule is CC(=O)N1CCCc2cc(S(=O)(=O)N3CCC[C@H](C(=O)NCc4ccc(Cl)cc4)C3)ccc21.